The lowest BCUT2D eigenvalue weighted by Crippen LogP contribution is -2.43. The molecule has 1 saturated heterocycles. The first-order valence-corrected chi connectivity index (χ1v) is 6.16. The fraction of sp³-hybridized carbons (Fsp3) is 0.846. The molecule has 0 atom stereocenters. The monoisotopic (exact) mass is 238 g/mol. The van der Waals surface area contributed by atoms with E-state index in [1.54, 1.807) is 0 Å². The first-order chi connectivity index (χ1) is 7.79. The highest BCUT2D eigenvalue weighted by atomic mass is 16.4. The van der Waals surface area contributed by atoms with Gasteiger partial charge in [-0.25, -0.2) is 0 Å². The first kappa shape index (κ1) is 14.0. The molecule has 0 aromatic heterocycles. The molecule has 0 aromatic rings. The van der Waals surface area contributed by atoms with E-state index >= 15 is 0 Å². The highest BCUT2D eigenvalue weighted by Crippen LogP contribution is 2.31. The van der Waals surface area contributed by atoms with Crippen LogP contribution in [0.1, 0.15) is 40.0 Å². The Morgan fingerprint density at radius 3 is 2.41 bits per heavy atom. The SMILES string of the molecule is CC(C)(C#N)CCN1CCC(C)(C(=O)O)CC1. The maximum Gasteiger partial charge on any atom is 0.309 e. The van der Waals surface area contributed by atoms with Gasteiger partial charge in [0, 0.05) is 0 Å². The van der Waals surface area contributed by atoms with Crippen LogP contribution in [0.3, 0.4) is 0 Å². The Morgan fingerprint density at radius 1 is 1.47 bits per heavy atom. The molecule has 0 aromatic carbocycles. The molecule has 0 bridgehead atoms. The lowest BCUT2D eigenvalue weighted by molar-refractivity contribution is -0.150. The second-order valence-corrected chi connectivity index (χ2v) is 5.95. The molecule has 4 nitrogen and oxygen atoms in total. The van der Waals surface area contributed by atoms with Crippen LogP contribution >= 0.6 is 0 Å². The van der Waals surface area contributed by atoms with Gasteiger partial charge in [0.05, 0.1) is 16.9 Å². The van der Waals surface area contributed by atoms with Crippen molar-refractivity contribution in [1.82, 2.24) is 4.90 Å². The predicted molar refractivity (Wildman–Crippen MR) is 65.4 cm³/mol. The smallest absolute Gasteiger partial charge is 0.309 e. The maximum absolute atomic E-state index is 11.1. The van der Waals surface area contributed by atoms with Crippen molar-refractivity contribution in [3.63, 3.8) is 0 Å². The number of carboxylic acid groups (broad SMARTS) is 1. The molecule has 17 heavy (non-hydrogen) atoms. The zero-order chi connectivity index (χ0) is 13.1. The summed E-state index contributed by atoms with van der Waals surface area (Å²) in [5, 5.41) is 18.1. The van der Waals surface area contributed by atoms with E-state index < -0.39 is 11.4 Å². The van der Waals surface area contributed by atoms with Crippen LogP contribution in [0.25, 0.3) is 0 Å². The first-order valence-electron chi connectivity index (χ1n) is 6.16. The Morgan fingerprint density at radius 2 is 2.00 bits per heavy atom. The van der Waals surface area contributed by atoms with Gasteiger partial charge in [0.1, 0.15) is 0 Å². The second-order valence-electron chi connectivity index (χ2n) is 5.95. The average Bonchev–Trinajstić information content (AvgIpc) is 2.28. The standard InChI is InChI=1S/C13H22N2O2/c1-12(2,10-14)4-7-15-8-5-13(3,6-9-15)11(16)17/h4-9H2,1-3H3,(H,16,17). The molecule has 0 aliphatic carbocycles. The molecule has 0 radical (unpaired) electrons. The zero-order valence-corrected chi connectivity index (χ0v) is 11.0. The minimum atomic E-state index is -0.686. The van der Waals surface area contributed by atoms with Gasteiger partial charge in [-0.3, -0.25) is 4.79 Å². The number of aliphatic carboxylic acids is 1. The Balaban J connectivity index is 2.39. The number of carbonyl (C=O) groups is 1. The number of carboxylic acids is 1. The zero-order valence-electron chi connectivity index (χ0n) is 11.0. The van der Waals surface area contributed by atoms with Crippen LogP contribution in [0.2, 0.25) is 0 Å². The largest absolute Gasteiger partial charge is 0.481 e. The summed E-state index contributed by atoms with van der Waals surface area (Å²) in [4.78, 5) is 13.4. The van der Waals surface area contributed by atoms with Crippen molar-refractivity contribution in [1.29, 1.82) is 5.26 Å². The van der Waals surface area contributed by atoms with Crippen molar-refractivity contribution < 1.29 is 9.90 Å². The summed E-state index contributed by atoms with van der Waals surface area (Å²) in [6.07, 6.45) is 2.25. The number of hydrogen-bond donors (Lipinski definition) is 1. The summed E-state index contributed by atoms with van der Waals surface area (Å²) in [6, 6.07) is 2.29. The van der Waals surface area contributed by atoms with Gasteiger partial charge in [0.2, 0.25) is 0 Å². The minimum absolute atomic E-state index is 0.284. The molecule has 4 heteroatoms. The van der Waals surface area contributed by atoms with E-state index in [0.29, 0.717) is 12.8 Å². The summed E-state index contributed by atoms with van der Waals surface area (Å²) >= 11 is 0. The van der Waals surface area contributed by atoms with E-state index in [0.717, 1.165) is 26.1 Å². The van der Waals surface area contributed by atoms with Crippen molar-refractivity contribution in [3.05, 3.63) is 0 Å². The van der Waals surface area contributed by atoms with Crippen molar-refractivity contribution in [2.75, 3.05) is 19.6 Å². The fourth-order valence-corrected chi connectivity index (χ4v) is 1.98. The Bertz CT molecular complexity index is 323. The number of likely N-dealkylation sites (tertiary alicyclic amines) is 1. The van der Waals surface area contributed by atoms with Crippen molar-refractivity contribution in [2.24, 2.45) is 10.8 Å². The van der Waals surface area contributed by atoms with Crippen LogP contribution in [0.15, 0.2) is 0 Å². The van der Waals surface area contributed by atoms with Gasteiger partial charge in [-0.15, -0.1) is 0 Å². The minimum Gasteiger partial charge on any atom is -0.481 e. The summed E-state index contributed by atoms with van der Waals surface area (Å²) < 4.78 is 0. The normalized spacial score (nSPS) is 20.8. The van der Waals surface area contributed by atoms with Crippen LogP contribution in [0.5, 0.6) is 0 Å². The van der Waals surface area contributed by atoms with E-state index in [1.807, 2.05) is 20.8 Å². The molecule has 1 heterocycles. The van der Waals surface area contributed by atoms with E-state index in [2.05, 4.69) is 11.0 Å². The highest BCUT2D eigenvalue weighted by molar-refractivity contribution is 5.74. The quantitative estimate of drug-likeness (QED) is 0.814. The van der Waals surface area contributed by atoms with Crippen LogP contribution in [0.4, 0.5) is 0 Å². The number of piperidine rings is 1. The third-order valence-electron chi connectivity index (χ3n) is 3.83. The molecule has 0 saturated carbocycles. The Kier molecular flexibility index (Phi) is 4.16. The van der Waals surface area contributed by atoms with Gasteiger partial charge in [-0.05, 0) is 59.7 Å². The van der Waals surface area contributed by atoms with Crippen molar-refractivity contribution >= 4 is 5.97 Å². The van der Waals surface area contributed by atoms with Gasteiger partial charge in [-0.2, -0.15) is 5.26 Å². The highest BCUT2D eigenvalue weighted by Gasteiger charge is 2.36. The summed E-state index contributed by atoms with van der Waals surface area (Å²) in [5.74, 6) is -0.686. The number of rotatable bonds is 4. The second kappa shape index (κ2) is 5.05. The molecule has 96 valence electrons. The Hall–Kier alpha value is -1.08. The molecule has 1 fully saturated rings. The van der Waals surface area contributed by atoms with Gasteiger partial charge in [0.15, 0.2) is 0 Å². The lowest BCUT2D eigenvalue weighted by atomic mass is 9.80. The predicted octanol–water partition coefficient (Wildman–Crippen LogP) is 2.11. The lowest BCUT2D eigenvalue weighted by Gasteiger charge is -2.37. The van der Waals surface area contributed by atoms with Crippen LogP contribution in [-0.2, 0) is 4.79 Å². The molecule has 0 unspecified atom stereocenters. The van der Waals surface area contributed by atoms with Crippen LogP contribution in [0, 0.1) is 22.2 Å². The third kappa shape index (κ3) is 3.71. The van der Waals surface area contributed by atoms with Crippen LogP contribution in [-0.4, -0.2) is 35.6 Å². The Labute approximate surface area is 103 Å². The molecule has 0 amide bonds. The van der Waals surface area contributed by atoms with E-state index in [-0.39, 0.29) is 5.41 Å². The molecule has 1 rings (SSSR count). The van der Waals surface area contributed by atoms with Crippen LogP contribution < -0.4 is 0 Å². The van der Waals surface area contributed by atoms with Gasteiger partial charge in [0.25, 0.3) is 0 Å². The van der Waals surface area contributed by atoms with E-state index in [1.165, 1.54) is 0 Å². The third-order valence-corrected chi connectivity index (χ3v) is 3.83. The average molecular weight is 238 g/mol. The molecule has 1 N–H and O–H groups in total. The maximum atomic E-state index is 11.1. The molecular formula is C13H22N2O2. The van der Waals surface area contributed by atoms with Crippen molar-refractivity contribution in [2.45, 2.75) is 40.0 Å². The topological polar surface area (TPSA) is 64.3 Å². The van der Waals surface area contributed by atoms with E-state index in [4.69, 9.17) is 10.4 Å². The molecule has 0 spiro atoms. The molecule has 1 aliphatic rings. The van der Waals surface area contributed by atoms with Gasteiger partial charge < -0.3 is 10.0 Å². The number of hydrogen-bond acceptors (Lipinski definition) is 3. The number of nitriles is 1. The summed E-state index contributed by atoms with van der Waals surface area (Å²) in [6.45, 7) is 8.24. The fourth-order valence-electron chi connectivity index (χ4n) is 1.98. The number of nitrogens with zero attached hydrogens (tertiary/aromatic N) is 2. The summed E-state index contributed by atoms with van der Waals surface area (Å²) in [5.41, 5.74) is -0.838. The van der Waals surface area contributed by atoms with Gasteiger partial charge >= 0.3 is 5.97 Å². The van der Waals surface area contributed by atoms with E-state index in [9.17, 15) is 4.79 Å². The van der Waals surface area contributed by atoms with Crippen molar-refractivity contribution in [3.8, 4) is 6.07 Å². The van der Waals surface area contributed by atoms with Gasteiger partial charge in [-0.1, -0.05) is 0 Å². The summed E-state index contributed by atoms with van der Waals surface area (Å²) in [7, 11) is 0. The molecule has 1 aliphatic heterocycles. The molecular weight excluding hydrogens is 216 g/mol.